The average Bonchev–Trinajstić information content (AvgIpc) is 2.70. The molecule has 1 amide bonds. The van der Waals surface area contributed by atoms with Crippen molar-refractivity contribution in [1.29, 1.82) is 0 Å². The molecule has 0 aromatic heterocycles. The Bertz CT molecular complexity index is 250. The van der Waals surface area contributed by atoms with Crippen LogP contribution in [0, 0.1) is 0 Å². The van der Waals surface area contributed by atoms with Gasteiger partial charge in [-0.2, -0.15) is 0 Å². The van der Waals surface area contributed by atoms with Gasteiger partial charge in [0.25, 0.3) is 0 Å². The number of nitrogens with zero attached hydrogens (tertiary/aromatic N) is 1. The van der Waals surface area contributed by atoms with Gasteiger partial charge in [-0.3, -0.25) is 9.69 Å². The number of allylic oxidation sites excluding steroid dienone is 1. The number of hydrogen-bond acceptors (Lipinski definition) is 2. The zero-order chi connectivity index (χ0) is 9.97. The first-order chi connectivity index (χ1) is 6.81. The van der Waals surface area contributed by atoms with E-state index in [0.29, 0.717) is 12.1 Å². The lowest BCUT2D eigenvalue weighted by Crippen LogP contribution is -2.41. The normalized spacial score (nSPS) is 32.4. The van der Waals surface area contributed by atoms with Crippen LogP contribution in [0.4, 0.5) is 0 Å². The summed E-state index contributed by atoms with van der Waals surface area (Å²) in [6.45, 7) is 4.25. The molecule has 2 fully saturated rings. The van der Waals surface area contributed by atoms with E-state index in [1.54, 1.807) is 12.2 Å². The molecule has 2 unspecified atom stereocenters. The van der Waals surface area contributed by atoms with Gasteiger partial charge < -0.3 is 5.32 Å². The van der Waals surface area contributed by atoms with E-state index < -0.39 is 0 Å². The van der Waals surface area contributed by atoms with Crippen molar-refractivity contribution < 1.29 is 4.79 Å². The summed E-state index contributed by atoms with van der Waals surface area (Å²) in [6.07, 6.45) is 7.06. The summed E-state index contributed by atoms with van der Waals surface area (Å²) < 4.78 is 0. The van der Waals surface area contributed by atoms with Gasteiger partial charge in [-0.05, 0) is 38.8 Å². The van der Waals surface area contributed by atoms with Crippen molar-refractivity contribution in [2.24, 2.45) is 0 Å². The number of nitrogens with one attached hydrogen (secondary N) is 1. The molecule has 0 bridgehead atoms. The Morgan fingerprint density at radius 1 is 1.43 bits per heavy atom. The Kier molecular flexibility index (Phi) is 2.87. The maximum atomic E-state index is 11.4. The largest absolute Gasteiger partial charge is 0.348 e. The lowest BCUT2D eigenvalue weighted by atomic mass is 10.1. The number of hydrogen-bond donors (Lipinski definition) is 1. The van der Waals surface area contributed by atoms with E-state index in [1.807, 2.05) is 6.92 Å². The first-order valence-electron chi connectivity index (χ1n) is 5.48. The third kappa shape index (κ3) is 1.82. The molecule has 2 atom stereocenters. The Morgan fingerprint density at radius 2 is 2.29 bits per heavy atom. The molecule has 0 saturated carbocycles. The van der Waals surface area contributed by atoms with Gasteiger partial charge in [0, 0.05) is 18.6 Å². The smallest absolute Gasteiger partial charge is 0.243 e. The SMILES string of the molecule is CC=CC(=O)NC1CCN2CCCC12. The molecule has 2 heterocycles. The minimum atomic E-state index is 0.0613. The summed E-state index contributed by atoms with van der Waals surface area (Å²) in [4.78, 5) is 13.9. The Hall–Kier alpha value is -0.830. The van der Waals surface area contributed by atoms with Crippen LogP contribution in [0.5, 0.6) is 0 Å². The zero-order valence-corrected chi connectivity index (χ0v) is 8.70. The molecule has 2 aliphatic rings. The van der Waals surface area contributed by atoms with Crippen LogP contribution in [-0.2, 0) is 4.79 Å². The van der Waals surface area contributed by atoms with E-state index in [9.17, 15) is 4.79 Å². The number of rotatable bonds is 2. The second kappa shape index (κ2) is 4.13. The number of carbonyl (C=O) groups is 1. The molecule has 1 N–H and O–H groups in total. The van der Waals surface area contributed by atoms with Crippen molar-refractivity contribution in [3.8, 4) is 0 Å². The van der Waals surface area contributed by atoms with Gasteiger partial charge in [-0.25, -0.2) is 0 Å². The van der Waals surface area contributed by atoms with Crippen molar-refractivity contribution in [2.45, 2.75) is 38.3 Å². The number of carbonyl (C=O) groups excluding carboxylic acids is 1. The highest BCUT2D eigenvalue weighted by molar-refractivity contribution is 5.87. The molecule has 0 aliphatic carbocycles. The predicted octanol–water partition coefficient (Wildman–Crippen LogP) is 0.915. The Labute approximate surface area is 85.2 Å². The van der Waals surface area contributed by atoms with Crippen LogP contribution in [0.3, 0.4) is 0 Å². The summed E-state index contributed by atoms with van der Waals surface area (Å²) in [7, 11) is 0. The third-order valence-corrected chi connectivity index (χ3v) is 3.25. The zero-order valence-electron chi connectivity index (χ0n) is 8.70. The minimum absolute atomic E-state index is 0.0613. The van der Waals surface area contributed by atoms with Crippen LogP contribution in [0.2, 0.25) is 0 Å². The molecule has 3 heteroatoms. The Balaban J connectivity index is 1.89. The molecular weight excluding hydrogens is 176 g/mol. The lowest BCUT2D eigenvalue weighted by molar-refractivity contribution is -0.117. The summed E-state index contributed by atoms with van der Waals surface area (Å²) in [5, 5.41) is 3.08. The number of fused-ring (bicyclic) bond motifs is 1. The molecule has 0 spiro atoms. The van der Waals surface area contributed by atoms with Crippen LogP contribution < -0.4 is 5.32 Å². The first-order valence-corrected chi connectivity index (χ1v) is 5.48. The molecule has 0 aromatic carbocycles. The van der Waals surface area contributed by atoms with Crippen LogP contribution in [-0.4, -0.2) is 36.0 Å². The molecule has 78 valence electrons. The van der Waals surface area contributed by atoms with E-state index >= 15 is 0 Å². The number of amides is 1. The highest BCUT2D eigenvalue weighted by Gasteiger charge is 2.37. The fourth-order valence-electron chi connectivity index (χ4n) is 2.63. The van der Waals surface area contributed by atoms with Gasteiger partial charge in [0.2, 0.25) is 5.91 Å². The van der Waals surface area contributed by atoms with E-state index in [4.69, 9.17) is 0 Å². The standard InChI is InChI=1S/C11H18N2O/c1-2-4-11(14)12-9-6-8-13-7-3-5-10(9)13/h2,4,9-10H,3,5-8H2,1H3,(H,12,14). The highest BCUT2D eigenvalue weighted by Crippen LogP contribution is 2.27. The van der Waals surface area contributed by atoms with E-state index in [-0.39, 0.29) is 5.91 Å². The van der Waals surface area contributed by atoms with Gasteiger partial charge in [0.05, 0.1) is 0 Å². The fourth-order valence-corrected chi connectivity index (χ4v) is 2.63. The molecule has 2 rings (SSSR count). The maximum Gasteiger partial charge on any atom is 0.243 e. The minimum Gasteiger partial charge on any atom is -0.348 e. The highest BCUT2D eigenvalue weighted by atomic mass is 16.1. The van der Waals surface area contributed by atoms with Crippen LogP contribution in [0.15, 0.2) is 12.2 Å². The summed E-state index contributed by atoms with van der Waals surface area (Å²) in [5.41, 5.74) is 0. The van der Waals surface area contributed by atoms with Crippen molar-refractivity contribution in [3.63, 3.8) is 0 Å². The van der Waals surface area contributed by atoms with Crippen molar-refractivity contribution in [2.75, 3.05) is 13.1 Å². The van der Waals surface area contributed by atoms with Crippen LogP contribution in [0.1, 0.15) is 26.2 Å². The maximum absolute atomic E-state index is 11.4. The molecule has 0 radical (unpaired) electrons. The van der Waals surface area contributed by atoms with Gasteiger partial charge in [0.15, 0.2) is 0 Å². The van der Waals surface area contributed by atoms with Gasteiger partial charge >= 0.3 is 0 Å². The molecule has 2 aliphatic heterocycles. The Morgan fingerprint density at radius 3 is 3.07 bits per heavy atom. The van der Waals surface area contributed by atoms with E-state index in [2.05, 4.69) is 10.2 Å². The lowest BCUT2D eigenvalue weighted by Gasteiger charge is -2.20. The van der Waals surface area contributed by atoms with E-state index in [0.717, 1.165) is 13.0 Å². The third-order valence-electron chi connectivity index (χ3n) is 3.25. The topological polar surface area (TPSA) is 32.3 Å². The summed E-state index contributed by atoms with van der Waals surface area (Å²) in [5.74, 6) is 0.0613. The average molecular weight is 194 g/mol. The van der Waals surface area contributed by atoms with Crippen LogP contribution in [0.25, 0.3) is 0 Å². The molecule has 3 nitrogen and oxygen atoms in total. The fraction of sp³-hybridized carbons (Fsp3) is 0.727. The second-order valence-corrected chi connectivity index (χ2v) is 4.15. The van der Waals surface area contributed by atoms with Gasteiger partial charge in [0.1, 0.15) is 0 Å². The molecule has 2 saturated heterocycles. The van der Waals surface area contributed by atoms with Crippen molar-refractivity contribution in [1.82, 2.24) is 10.2 Å². The summed E-state index contributed by atoms with van der Waals surface area (Å²) >= 11 is 0. The molecule has 14 heavy (non-hydrogen) atoms. The molecule has 0 aromatic rings. The van der Waals surface area contributed by atoms with Gasteiger partial charge in [-0.15, -0.1) is 0 Å². The summed E-state index contributed by atoms with van der Waals surface area (Å²) in [6, 6.07) is 1.01. The monoisotopic (exact) mass is 194 g/mol. The van der Waals surface area contributed by atoms with Crippen molar-refractivity contribution in [3.05, 3.63) is 12.2 Å². The quantitative estimate of drug-likeness (QED) is 0.663. The first kappa shape index (κ1) is 9.71. The van der Waals surface area contributed by atoms with Crippen LogP contribution >= 0.6 is 0 Å². The second-order valence-electron chi connectivity index (χ2n) is 4.15. The predicted molar refractivity (Wildman–Crippen MR) is 56.0 cm³/mol. The molecular formula is C11H18N2O. The van der Waals surface area contributed by atoms with Gasteiger partial charge in [-0.1, -0.05) is 6.08 Å². The van der Waals surface area contributed by atoms with Crippen molar-refractivity contribution >= 4 is 5.91 Å². The van der Waals surface area contributed by atoms with E-state index in [1.165, 1.54) is 19.4 Å².